The van der Waals surface area contributed by atoms with Crippen molar-refractivity contribution in [2.45, 2.75) is 135 Å². The van der Waals surface area contributed by atoms with Crippen LogP contribution >= 0.6 is 0 Å². The zero-order chi connectivity index (χ0) is 27.1. The Balaban J connectivity index is 2.35. The van der Waals surface area contributed by atoms with E-state index in [4.69, 9.17) is 0 Å². The van der Waals surface area contributed by atoms with Crippen molar-refractivity contribution in [2.24, 2.45) is 0 Å². The van der Waals surface area contributed by atoms with Gasteiger partial charge < -0.3 is 25.1 Å². The van der Waals surface area contributed by atoms with E-state index in [0.717, 1.165) is 84.1 Å². The fourth-order valence-corrected chi connectivity index (χ4v) is 5.52. The summed E-state index contributed by atoms with van der Waals surface area (Å²) < 4.78 is 0. The highest BCUT2D eigenvalue weighted by molar-refractivity contribution is 5.76. The third-order valence-corrected chi connectivity index (χ3v) is 8.18. The average Bonchev–Trinajstić information content (AvgIpc) is 2.87. The lowest BCUT2D eigenvalue weighted by atomic mass is 10.00. The second-order valence-corrected chi connectivity index (χ2v) is 11.9. The van der Waals surface area contributed by atoms with E-state index < -0.39 is 0 Å². The summed E-state index contributed by atoms with van der Waals surface area (Å²) in [5.41, 5.74) is 0. The van der Waals surface area contributed by atoms with Crippen LogP contribution in [0.4, 0.5) is 0 Å². The number of aliphatic hydroxyl groups is 1. The summed E-state index contributed by atoms with van der Waals surface area (Å²) in [6.45, 7) is 8.56. The molecule has 37 heavy (non-hydrogen) atoms. The van der Waals surface area contributed by atoms with Crippen LogP contribution in [0.1, 0.15) is 122 Å². The Morgan fingerprint density at radius 3 is 1.95 bits per heavy atom. The molecule has 0 spiro atoms. The minimum absolute atomic E-state index is 0.132. The summed E-state index contributed by atoms with van der Waals surface area (Å²) in [4.78, 5) is 20.0. The predicted octanol–water partition coefficient (Wildman–Crippen LogP) is 5.68. The monoisotopic (exact) mass is 525 g/mol. The minimum Gasteiger partial charge on any atom is -0.393 e. The first kappa shape index (κ1) is 34.3. The summed E-state index contributed by atoms with van der Waals surface area (Å²) in [6.07, 6.45) is 20.6. The Kier molecular flexibility index (Phi) is 21.5. The highest BCUT2D eigenvalue weighted by Crippen LogP contribution is 2.17. The number of rotatable bonds is 14. The van der Waals surface area contributed by atoms with Gasteiger partial charge in [0.15, 0.2) is 0 Å². The molecule has 1 aliphatic rings. The van der Waals surface area contributed by atoms with Crippen molar-refractivity contribution < 1.29 is 9.90 Å². The molecule has 0 aromatic heterocycles. The van der Waals surface area contributed by atoms with E-state index in [1.807, 2.05) is 0 Å². The van der Waals surface area contributed by atoms with Crippen molar-refractivity contribution in [2.75, 3.05) is 60.4 Å². The minimum atomic E-state index is -0.132. The zero-order valence-electron chi connectivity index (χ0n) is 25.3. The molecule has 220 valence electrons. The molecule has 1 rings (SSSR count). The van der Waals surface area contributed by atoms with Crippen LogP contribution < -0.4 is 5.32 Å². The van der Waals surface area contributed by atoms with Gasteiger partial charge in [0.1, 0.15) is 0 Å². The predicted molar refractivity (Wildman–Crippen MR) is 159 cm³/mol. The van der Waals surface area contributed by atoms with Crippen LogP contribution in [-0.2, 0) is 4.79 Å². The van der Waals surface area contributed by atoms with Crippen LogP contribution in [0.15, 0.2) is 0 Å². The zero-order valence-corrected chi connectivity index (χ0v) is 25.3. The van der Waals surface area contributed by atoms with Crippen LogP contribution in [-0.4, -0.2) is 98.3 Å². The molecule has 6 nitrogen and oxygen atoms in total. The summed E-state index contributed by atoms with van der Waals surface area (Å²) >= 11 is 0. The largest absolute Gasteiger partial charge is 0.393 e. The topological polar surface area (TPSA) is 59.1 Å². The molecule has 0 saturated carbocycles. The molecular weight excluding hydrogens is 460 g/mol. The molecule has 2 atom stereocenters. The third kappa shape index (κ3) is 20.0. The van der Waals surface area contributed by atoms with Crippen molar-refractivity contribution in [1.82, 2.24) is 20.0 Å². The Bertz CT molecular complexity index is 533. The van der Waals surface area contributed by atoms with Gasteiger partial charge in [-0.2, -0.15) is 0 Å². The maximum atomic E-state index is 12.7. The molecular formula is C31H64N4O2. The Morgan fingerprint density at radius 1 is 0.757 bits per heavy atom. The molecule has 1 heterocycles. The van der Waals surface area contributed by atoms with Crippen LogP contribution in [0.3, 0.4) is 0 Å². The van der Waals surface area contributed by atoms with Gasteiger partial charge in [0.05, 0.1) is 6.10 Å². The fraction of sp³-hybridized carbons (Fsp3) is 0.968. The van der Waals surface area contributed by atoms with Gasteiger partial charge in [-0.3, -0.25) is 4.79 Å². The van der Waals surface area contributed by atoms with E-state index in [9.17, 15) is 9.90 Å². The van der Waals surface area contributed by atoms with Gasteiger partial charge in [0.25, 0.3) is 0 Å². The molecule has 0 aliphatic carbocycles. The Morgan fingerprint density at radius 2 is 1.30 bits per heavy atom. The summed E-state index contributed by atoms with van der Waals surface area (Å²) in [5, 5.41) is 13.5. The number of hydrogen-bond acceptors (Lipinski definition) is 5. The lowest BCUT2D eigenvalue weighted by molar-refractivity contribution is -0.122. The second kappa shape index (κ2) is 23.2. The van der Waals surface area contributed by atoms with Crippen LogP contribution in [0.2, 0.25) is 0 Å². The van der Waals surface area contributed by atoms with E-state index in [2.05, 4.69) is 48.1 Å². The van der Waals surface area contributed by atoms with Crippen molar-refractivity contribution in [3.05, 3.63) is 0 Å². The SMILES string of the molecule is CCCCCCCCC[C@H](O)CCCCCC1CC(=O)NCCCN(C)CCCCN(C)CCCN1C. The molecule has 0 radical (unpaired) electrons. The number of aliphatic hydroxyl groups excluding tert-OH is 1. The first-order chi connectivity index (χ1) is 17.9. The number of unbranched alkanes of at least 4 members (excludes halogenated alkanes) is 8. The molecule has 0 aromatic carbocycles. The van der Waals surface area contributed by atoms with E-state index in [0.29, 0.717) is 12.5 Å². The molecule has 0 aromatic rings. The van der Waals surface area contributed by atoms with Crippen molar-refractivity contribution in [1.29, 1.82) is 0 Å². The van der Waals surface area contributed by atoms with Gasteiger partial charge in [0.2, 0.25) is 5.91 Å². The summed E-state index contributed by atoms with van der Waals surface area (Å²) in [6, 6.07) is 0.307. The molecule has 2 N–H and O–H groups in total. The van der Waals surface area contributed by atoms with Crippen LogP contribution in [0.5, 0.6) is 0 Å². The summed E-state index contributed by atoms with van der Waals surface area (Å²) in [5.74, 6) is 0.200. The van der Waals surface area contributed by atoms with Gasteiger partial charge in [-0.25, -0.2) is 0 Å². The van der Waals surface area contributed by atoms with Gasteiger partial charge >= 0.3 is 0 Å². The molecule has 1 unspecified atom stereocenters. The molecule has 1 fully saturated rings. The number of carbonyl (C=O) groups excluding carboxylic acids is 1. The van der Waals surface area contributed by atoms with E-state index >= 15 is 0 Å². The Labute approximate surface area is 230 Å². The van der Waals surface area contributed by atoms with Crippen molar-refractivity contribution in [3.63, 3.8) is 0 Å². The van der Waals surface area contributed by atoms with E-state index in [1.54, 1.807) is 0 Å². The van der Waals surface area contributed by atoms with Crippen molar-refractivity contribution in [3.8, 4) is 0 Å². The number of carbonyl (C=O) groups is 1. The Hall–Kier alpha value is -0.690. The molecule has 1 amide bonds. The smallest absolute Gasteiger partial charge is 0.221 e. The van der Waals surface area contributed by atoms with Crippen LogP contribution in [0.25, 0.3) is 0 Å². The molecule has 1 aliphatic heterocycles. The maximum Gasteiger partial charge on any atom is 0.221 e. The molecule has 6 heteroatoms. The highest BCUT2D eigenvalue weighted by atomic mass is 16.3. The number of amides is 1. The fourth-order valence-electron chi connectivity index (χ4n) is 5.52. The van der Waals surface area contributed by atoms with Crippen molar-refractivity contribution >= 4 is 5.91 Å². The summed E-state index contributed by atoms with van der Waals surface area (Å²) in [7, 11) is 6.64. The van der Waals surface area contributed by atoms with Gasteiger partial charge in [0, 0.05) is 19.0 Å². The van der Waals surface area contributed by atoms with Gasteiger partial charge in [-0.05, 0) is 98.8 Å². The lowest BCUT2D eigenvalue weighted by Gasteiger charge is -2.29. The number of nitrogens with one attached hydrogen (secondary N) is 1. The number of nitrogens with zero attached hydrogens (tertiary/aromatic N) is 3. The second-order valence-electron chi connectivity index (χ2n) is 11.9. The van der Waals surface area contributed by atoms with E-state index in [1.165, 1.54) is 64.3 Å². The molecule has 1 saturated heterocycles. The number of hydrogen-bond donors (Lipinski definition) is 2. The highest BCUT2D eigenvalue weighted by Gasteiger charge is 2.19. The van der Waals surface area contributed by atoms with Gasteiger partial charge in [-0.15, -0.1) is 0 Å². The normalized spacial score (nSPS) is 22.0. The van der Waals surface area contributed by atoms with Crippen LogP contribution in [0, 0.1) is 0 Å². The first-order valence-electron chi connectivity index (χ1n) is 15.9. The lowest BCUT2D eigenvalue weighted by Crippen LogP contribution is -2.39. The quantitative estimate of drug-likeness (QED) is 0.286. The molecule has 0 bridgehead atoms. The third-order valence-electron chi connectivity index (χ3n) is 8.18. The van der Waals surface area contributed by atoms with Gasteiger partial charge in [-0.1, -0.05) is 71.1 Å². The maximum absolute atomic E-state index is 12.7. The average molecular weight is 525 g/mol. The standard InChI is InChI=1S/C31H64N4O2/c1-5-6-7-8-9-10-13-20-30(36)21-14-11-12-19-29-28-31(37)32-22-17-25-33(2)23-15-16-24-34(3)26-18-27-35(29)4/h29-30,36H,5-28H2,1-4H3,(H,32,37)/t29?,30-/m0/s1. The first-order valence-corrected chi connectivity index (χ1v) is 15.9. The van der Waals surface area contributed by atoms with E-state index in [-0.39, 0.29) is 12.0 Å².